The molecule has 0 aliphatic heterocycles. The molecule has 0 spiro atoms. The van der Waals surface area contributed by atoms with Gasteiger partial charge in [0.25, 0.3) is 0 Å². The molecule has 0 amide bonds. The Kier molecular flexibility index (Phi) is 10.7. The van der Waals surface area contributed by atoms with Crippen LogP contribution in [0.1, 0.15) is 50.8 Å². The molecule has 1 heterocycles. The van der Waals surface area contributed by atoms with Crippen molar-refractivity contribution in [2.45, 2.75) is 69.2 Å². The summed E-state index contributed by atoms with van der Waals surface area (Å²) in [6.07, 6.45) is 1.29. The quantitative estimate of drug-likeness (QED) is 0.0604. The van der Waals surface area contributed by atoms with Crippen molar-refractivity contribution >= 4 is 18.2 Å². The third-order valence-corrected chi connectivity index (χ3v) is 13.0. The van der Waals surface area contributed by atoms with Crippen LogP contribution in [0, 0.1) is 11.3 Å². The maximum absolute atomic E-state index is 12.8. The molecule has 0 fully saturated rings. The monoisotopic (exact) mass is 696 g/mol. The van der Waals surface area contributed by atoms with Crippen molar-refractivity contribution in [3.8, 4) is 6.07 Å². The summed E-state index contributed by atoms with van der Waals surface area (Å²) >= 11 is 0. The topological polar surface area (TPSA) is 124 Å². The van der Waals surface area contributed by atoms with E-state index in [1.54, 1.807) is 10.9 Å². The van der Waals surface area contributed by atoms with Gasteiger partial charge in [-0.15, -0.1) is 0 Å². The molecule has 50 heavy (non-hydrogen) atoms. The van der Waals surface area contributed by atoms with E-state index in [0.717, 1.165) is 10.9 Å². The van der Waals surface area contributed by atoms with E-state index in [0.29, 0.717) is 16.7 Å². The Morgan fingerprint density at radius 3 is 1.60 bits per heavy atom. The van der Waals surface area contributed by atoms with E-state index < -0.39 is 42.0 Å². The van der Waals surface area contributed by atoms with Gasteiger partial charge in [-0.25, -0.2) is 0 Å². The Labute approximate surface area is 295 Å². The molecule has 1 aromatic heterocycles. The fourth-order valence-electron chi connectivity index (χ4n) is 8.32. The summed E-state index contributed by atoms with van der Waals surface area (Å²) in [5, 5.41) is 17.6. The standard InChI is InChI=1S/C40H49N4O5P/c1-31(2)44(32(3)4)38(30-41,39(34-20-10-7-11-21-34,35-22-12-8-13-23-35)36-24-14-9-15-25-36)40(48-5,49-6)50(45,46,47)28-18-27-43-37-26-17-16-19-33(37)29-42-43/h7-17,19-26,29,31-32,45-47H,18,27-28H2,1-6H3. The summed E-state index contributed by atoms with van der Waals surface area (Å²) in [5.41, 5.74) is -3.60. The van der Waals surface area contributed by atoms with Crippen molar-refractivity contribution < 1.29 is 24.2 Å². The van der Waals surface area contributed by atoms with E-state index in [4.69, 9.17) is 9.47 Å². The zero-order valence-electron chi connectivity index (χ0n) is 29.7. The minimum atomic E-state index is -6.28. The molecule has 0 saturated heterocycles. The van der Waals surface area contributed by atoms with Gasteiger partial charge in [0.15, 0.2) is 0 Å². The van der Waals surface area contributed by atoms with Gasteiger partial charge in [-0.05, 0) is 0 Å². The summed E-state index contributed by atoms with van der Waals surface area (Å²) in [5.74, 6) is 0. The number of rotatable bonds is 15. The van der Waals surface area contributed by atoms with Gasteiger partial charge < -0.3 is 0 Å². The molecule has 5 aromatic rings. The van der Waals surface area contributed by atoms with Crippen LogP contribution in [0.5, 0.6) is 0 Å². The average molecular weight is 697 g/mol. The number of aromatic nitrogens is 2. The molecule has 10 heteroatoms. The molecule has 9 nitrogen and oxygen atoms in total. The predicted molar refractivity (Wildman–Crippen MR) is 199 cm³/mol. The molecule has 4 aromatic carbocycles. The van der Waals surface area contributed by atoms with Gasteiger partial charge in [-0.2, -0.15) is 0 Å². The number of aryl methyl sites for hydroxylation is 1. The first-order valence-corrected chi connectivity index (χ1v) is 19.3. The summed E-state index contributed by atoms with van der Waals surface area (Å²) in [4.78, 5) is 40.3. The van der Waals surface area contributed by atoms with Crippen LogP contribution in [-0.4, -0.2) is 72.9 Å². The Bertz CT molecular complexity index is 1790. The number of nitriles is 1. The fourth-order valence-corrected chi connectivity index (χ4v) is 11.1. The van der Waals surface area contributed by atoms with Crippen LogP contribution in [0.3, 0.4) is 0 Å². The number of hydrogen-bond acceptors (Lipinski definition) is 8. The number of para-hydroxylation sites is 1. The van der Waals surface area contributed by atoms with Gasteiger partial charge in [-0.1, -0.05) is 0 Å². The number of ether oxygens (including phenoxy) is 2. The maximum atomic E-state index is 12.8. The normalized spacial score (nSPS) is 14.8. The molecule has 0 aliphatic carbocycles. The van der Waals surface area contributed by atoms with Crippen LogP contribution in [-0.2, 0) is 21.4 Å². The van der Waals surface area contributed by atoms with E-state index in [1.165, 1.54) is 14.2 Å². The second kappa shape index (κ2) is 14.3. The number of nitrogens with zero attached hydrogens (tertiary/aromatic N) is 4. The van der Waals surface area contributed by atoms with E-state index in [-0.39, 0.29) is 13.0 Å². The van der Waals surface area contributed by atoms with Crippen LogP contribution in [0.25, 0.3) is 10.9 Å². The number of methoxy groups -OCH3 is 2. The molecule has 1 atom stereocenters. The van der Waals surface area contributed by atoms with Crippen LogP contribution >= 0.6 is 7.28 Å². The number of benzene rings is 4. The molecule has 1 unspecified atom stereocenters. The summed E-state index contributed by atoms with van der Waals surface area (Å²) in [7, 11) is -3.74. The van der Waals surface area contributed by atoms with Gasteiger partial charge in [-0.3, -0.25) is 0 Å². The molecule has 264 valence electrons. The number of hydrogen-bond donors (Lipinski definition) is 3. The van der Waals surface area contributed by atoms with Gasteiger partial charge in [0.1, 0.15) is 0 Å². The minimum absolute atomic E-state index is 0.0847. The second-order valence-corrected chi connectivity index (χ2v) is 16.7. The Morgan fingerprint density at radius 2 is 1.18 bits per heavy atom. The first-order chi connectivity index (χ1) is 23.9. The van der Waals surface area contributed by atoms with E-state index in [2.05, 4.69) is 11.2 Å². The summed E-state index contributed by atoms with van der Waals surface area (Å²) in [6, 6.07) is 38.1. The fraction of sp³-hybridized carbons (Fsp3) is 0.350. The van der Waals surface area contributed by atoms with E-state index in [9.17, 15) is 19.9 Å². The summed E-state index contributed by atoms with van der Waals surface area (Å²) < 4.78 is 14.4. The van der Waals surface area contributed by atoms with Crippen LogP contribution in [0.4, 0.5) is 0 Å². The molecule has 3 N–H and O–H groups in total. The third-order valence-electron chi connectivity index (χ3n) is 9.93. The molecular formula is C40H49N4O5P. The van der Waals surface area contributed by atoms with Crippen molar-refractivity contribution in [3.05, 3.63) is 138 Å². The van der Waals surface area contributed by atoms with Crippen LogP contribution in [0.2, 0.25) is 0 Å². The zero-order chi connectivity index (χ0) is 36.2. The third kappa shape index (κ3) is 5.75. The second-order valence-electron chi connectivity index (χ2n) is 13.4. The van der Waals surface area contributed by atoms with E-state index in [1.807, 2.05) is 148 Å². The molecule has 0 saturated carbocycles. The van der Waals surface area contributed by atoms with Crippen LogP contribution in [0.15, 0.2) is 121 Å². The van der Waals surface area contributed by atoms with Crippen molar-refractivity contribution in [1.29, 1.82) is 5.26 Å². The Morgan fingerprint density at radius 1 is 0.740 bits per heavy atom. The Balaban J connectivity index is 1.90. The van der Waals surface area contributed by atoms with Gasteiger partial charge in [0, 0.05) is 0 Å². The molecular weight excluding hydrogens is 647 g/mol. The average Bonchev–Trinajstić information content (AvgIpc) is 3.52. The van der Waals surface area contributed by atoms with Gasteiger partial charge in [0.05, 0.1) is 0 Å². The molecule has 5 rings (SSSR count). The molecule has 0 aliphatic rings. The number of fused-ring (bicyclic) bond motifs is 1. The molecule has 0 radical (unpaired) electrons. The Hall–Kier alpha value is -3.97. The van der Waals surface area contributed by atoms with Crippen molar-refractivity contribution in [2.24, 2.45) is 0 Å². The molecule has 0 bridgehead atoms. The predicted octanol–water partition coefficient (Wildman–Crippen LogP) is 7.06. The van der Waals surface area contributed by atoms with E-state index >= 15 is 0 Å². The van der Waals surface area contributed by atoms with Gasteiger partial charge >= 0.3 is 296 Å². The first-order valence-electron chi connectivity index (χ1n) is 17.0. The van der Waals surface area contributed by atoms with Crippen molar-refractivity contribution in [3.63, 3.8) is 0 Å². The zero-order valence-corrected chi connectivity index (χ0v) is 30.6. The SMILES string of the molecule is COC(OC)(C(C#N)(N(C(C)C)C(C)C)C(c1ccccc1)(c1ccccc1)c1ccccc1)P(O)(O)(O)CCCn1ncc2ccccc21. The first kappa shape index (κ1) is 37.3. The van der Waals surface area contributed by atoms with Crippen molar-refractivity contribution in [2.75, 3.05) is 20.4 Å². The van der Waals surface area contributed by atoms with Crippen LogP contribution < -0.4 is 0 Å². The van der Waals surface area contributed by atoms with Gasteiger partial charge in [0.2, 0.25) is 0 Å². The van der Waals surface area contributed by atoms with Crippen molar-refractivity contribution in [1.82, 2.24) is 14.7 Å². The summed E-state index contributed by atoms with van der Waals surface area (Å²) in [6.45, 7) is 8.03.